The quantitative estimate of drug-likeness (QED) is 0.872. The molecule has 1 unspecified atom stereocenters. The van der Waals surface area contributed by atoms with Crippen LogP contribution >= 0.6 is 0 Å². The molecule has 0 bridgehead atoms. The lowest BCUT2D eigenvalue weighted by Gasteiger charge is -2.32. The lowest BCUT2D eigenvalue weighted by Crippen LogP contribution is -2.50. The van der Waals surface area contributed by atoms with Gasteiger partial charge in [0, 0.05) is 18.7 Å². The molecule has 5 heteroatoms. The lowest BCUT2D eigenvalue weighted by atomic mass is 9.95. The average Bonchev–Trinajstić information content (AvgIpc) is 2.85. The molecule has 1 N–H and O–H groups in total. The van der Waals surface area contributed by atoms with E-state index in [1.807, 2.05) is 13.1 Å². The Bertz CT molecular complexity index is 608. The van der Waals surface area contributed by atoms with Crippen LogP contribution < -0.4 is 10.1 Å². The van der Waals surface area contributed by atoms with Crippen molar-refractivity contribution in [3.63, 3.8) is 0 Å². The standard InChI is InChI=1S/C16H25NO3S/c1-16(2,21(4,18)19)15(17-3)8-6-12-5-7-14-13(11-12)9-10-20-14/h5,7,11,15,17H,6,8-10H2,1-4H3. The zero-order valence-corrected chi connectivity index (χ0v) is 14.1. The van der Waals surface area contributed by atoms with Crippen molar-refractivity contribution in [1.29, 1.82) is 0 Å². The SMILES string of the molecule is CNC(CCc1ccc2c(c1)CCO2)C(C)(C)S(C)(=O)=O. The van der Waals surface area contributed by atoms with E-state index >= 15 is 0 Å². The molecule has 0 saturated heterocycles. The molecule has 0 spiro atoms. The minimum Gasteiger partial charge on any atom is -0.493 e. The molecule has 1 aromatic rings. The summed E-state index contributed by atoms with van der Waals surface area (Å²) in [6.45, 7) is 4.35. The van der Waals surface area contributed by atoms with Gasteiger partial charge in [-0.25, -0.2) is 8.42 Å². The number of rotatable bonds is 6. The topological polar surface area (TPSA) is 55.4 Å². The molecule has 0 aliphatic carbocycles. The van der Waals surface area contributed by atoms with Gasteiger partial charge in [-0.05, 0) is 50.9 Å². The van der Waals surface area contributed by atoms with Crippen LogP contribution in [-0.4, -0.2) is 39.1 Å². The molecule has 0 aromatic heterocycles. The highest BCUT2D eigenvalue weighted by molar-refractivity contribution is 7.92. The van der Waals surface area contributed by atoms with E-state index in [1.54, 1.807) is 13.8 Å². The lowest BCUT2D eigenvalue weighted by molar-refractivity contribution is 0.357. The summed E-state index contributed by atoms with van der Waals surface area (Å²) in [6.07, 6.45) is 3.92. The molecule has 118 valence electrons. The predicted molar refractivity (Wildman–Crippen MR) is 85.7 cm³/mol. The van der Waals surface area contributed by atoms with Gasteiger partial charge < -0.3 is 10.1 Å². The van der Waals surface area contributed by atoms with Gasteiger partial charge in [0.15, 0.2) is 9.84 Å². The molecule has 1 aliphatic heterocycles. The largest absolute Gasteiger partial charge is 0.493 e. The molecule has 0 amide bonds. The van der Waals surface area contributed by atoms with E-state index in [2.05, 4.69) is 17.4 Å². The molecule has 4 nitrogen and oxygen atoms in total. The van der Waals surface area contributed by atoms with Gasteiger partial charge in [-0.2, -0.15) is 0 Å². The molecular formula is C16H25NO3S. The van der Waals surface area contributed by atoms with Crippen molar-refractivity contribution in [3.8, 4) is 5.75 Å². The number of hydrogen-bond donors (Lipinski definition) is 1. The van der Waals surface area contributed by atoms with Gasteiger partial charge in [0.05, 0.1) is 11.4 Å². The number of benzene rings is 1. The van der Waals surface area contributed by atoms with Crippen molar-refractivity contribution < 1.29 is 13.2 Å². The Morgan fingerprint density at radius 1 is 1.38 bits per heavy atom. The maximum atomic E-state index is 12.0. The van der Waals surface area contributed by atoms with E-state index in [0.29, 0.717) is 0 Å². The summed E-state index contributed by atoms with van der Waals surface area (Å²) in [4.78, 5) is 0. The number of hydrogen-bond acceptors (Lipinski definition) is 4. The Balaban J connectivity index is 2.07. The zero-order valence-electron chi connectivity index (χ0n) is 13.3. The van der Waals surface area contributed by atoms with Gasteiger partial charge in [0.25, 0.3) is 0 Å². The van der Waals surface area contributed by atoms with Crippen LogP contribution in [0.3, 0.4) is 0 Å². The summed E-state index contributed by atoms with van der Waals surface area (Å²) in [5, 5.41) is 3.17. The molecule has 1 atom stereocenters. The van der Waals surface area contributed by atoms with Crippen molar-refractivity contribution in [2.75, 3.05) is 19.9 Å². The van der Waals surface area contributed by atoms with Gasteiger partial charge >= 0.3 is 0 Å². The first-order chi connectivity index (χ1) is 9.75. The third-order valence-electron chi connectivity index (χ3n) is 4.62. The number of ether oxygens (including phenoxy) is 1. The van der Waals surface area contributed by atoms with Gasteiger partial charge in [0.1, 0.15) is 5.75 Å². The Labute approximate surface area is 127 Å². The minimum atomic E-state index is -3.11. The Hall–Kier alpha value is -1.07. The van der Waals surface area contributed by atoms with Crippen LogP contribution in [0.1, 0.15) is 31.4 Å². The van der Waals surface area contributed by atoms with Crippen molar-refractivity contribution in [1.82, 2.24) is 5.32 Å². The summed E-state index contributed by atoms with van der Waals surface area (Å²) in [5.74, 6) is 0.986. The summed E-state index contributed by atoms with van der Waals surface area (Å²) in [6, 6.07) is 6.21. The van der Waals surface area contributed by atoms with Crippen LogP contribution in [0.5, 0.6) is 5.75 Å². The van der Waals surface area contributed by atoms with Crippen molar-refractivity contribution >= 4 is 9.84 Å². The second-order valence-corrected chi connectivity index (χ2v) is 8.89. The maximum Gasteiger partial charge on any atom is 0.154 e. The number of sulfone groups is 1. The molecular weight excluding hydrogens is 286 g/mol. The fourth-order valence-electron chi connectivity index (χ4n) is 2.80. The van der Waals surface area contributed by atoms with E-state index in [4.69, 9.17) is 4.74 Å². The number of nitrogens with one attached hydrogen (secondary N) is 1. The van der Waals surface area contributed by atoms with E-state index < -0.39 is 14.6 Å². The predicted octanol–water partition coefficient (Wildman–Crippen LogP) is 1.97. The van der Waals surface area contributed by atoms with Gasteiger partial charge in [-0.3, -0.25) is 0 Å². The van der Waals surface area contributed by atoms with E-state index in [1.165, 1.54) is 17.4 Å². The van der Waals surface area contributed by atoms with Crippen LogP contribution in [0.15, 0.2) is 18.2 Å². The average molecular weight is 311 g/mol. The second-order valence-electron chi connectivity index (χ2n) is 6.30. The van der Waals surface area contributed by atoms with Crippen LogP contribution in [0.2, 0.25) is 0 Å². The van der Waals surface area contributed by atoms with Crippen LogP contribution in [0.4, 0.5) is 0 Å². The minimum absolute atomic E-state index is 0.0722. The van der Waals surface area contributed by atoms with Crippen LogP contribution in [-0.2, 0) is 22.7 Å². The summed E-state index contributed by atoms with van der Waals surface area (Å²) in [5.41, 5.74) is 2.50. The highest BCUT2D eigenvalue weighted by Crippen LogP contribution is 2.28. The molecule has 0 radical (unpaired) electrons. The summed E-state index contributed by atoms with van der Waals surface area (Å²) in [7, 11) is -1.28. The first-order valence-corrected chi connectivity index (χ1v) is 9.26. The Morgan fingerprint density at radius 3 is 2.71 bits per heavy atom. The second kappa shape index (κ2) is 5.97. The smallest absolute Gasteiger partial charge is 0.154 e. The summed E-state index contributed by atoms with van der Waals surface area (Å²) >= 11 is 0. The fraction of sp³-hybridized carbons (Fsp3) is 0.625. The van der Waals surface area contributed by atoms with E-state index in [-0.39, 0.29) is 6.04 Å². The first kappa shape index (κ1) is 16.3. The molecule has 1 aromatic carbocycles. The van der Waals surface area contributed by atoms with Crippen LogP contribution in [0.25, 0.3) is 0 Å². The van der Waals surface area contributed by atoms with Gasteiger partial charge in [0.2, 0.25) is 0 Å². The molecule has 21 heavy (non-hydrogen) atoms. The maximum absolute atomic E-state index is 12.0. The van der Waals surface area contributed by atoms with Crippen molar-refractivity contribution in [2.24, 2.45) is 0 Å². The first-order valence-electron chi connectivity index (χ1n) is 7.37. The number of fused-ring (bicyclic) bond motifs is 1. The van der Waals surface area contributed by atoms with Crippen molar-refractivity contribution in [3.05, 3.63) is 29.3 Å². The molecule has 0 saturated carbocycles. The Morgan fingerprint density at radius 2 is 2.10 bits per heavy atom. The molecule has 1 heterocycles. The molecule has 0 fully saturated rings. The number of aryl methyl sites for hydroxylation is 1. The van der Waals surface area contributed by atoms with Gasteiger partial charge in [-0.15, -0.1) is 0 Å². The highest BCUT2D eigenvalue weighted by Gasteiger charge is 2.37. The van der Waals surface area contributed by atoms with Crippen molar-refractivity contribution in [2.45, 2.75) is 43.9 Å². The summed E-state index contributed by atoms with van der Waals surface area (Å²) < 4.78 is 28.7. The third kappa shape index (κ3) is 3.40. The third-order valence-corrected chi connectivity index (χ3v) is 6.81. The molecule has 1 aliphatic rings. The van der Waals surface area contributed by atoms with Crippen LogP contribution in [0, 0.1) is 0 Å². The van der Waals surface area contributed by atoms with Gasteiger partial charge in [-0.1, -0.05) is 12.1 Å². The van der Waals surface area contributed by atoms with E-state index in [9.17, 15) is 8.42 Å². The monoisotopic (exact) mass is 311 g/mol. The highest BCUT2D eigenvalue weighted by atomic mass is 32.2. The van der Waals surface area contributed by atoms with E-state index in [0.717, 1.165) is 31.6 Å². The normalized spacial score (nSPS) is 16.4. The Kier molecular flexibility index (Phi) is 4.63. The fourth-order valence-corrected chi connectivity index (χ4v) is 3.56. The zero-order chi connectivity index (χ0) is 15.7. The molecule has 2 rings (SSSR count).